The van der Waals surface area contributed by atoms with Gasteiger partial charge in [0.15, 0.2) is 0 Å². The third-order valence-corrected chi connectivity index (χ3v) is 6.83. The molecule has 2 aromatic carbocycles. The summed E-state index contributed by atoms with van der Waals surface area (Å²) in [5.41, 5.74) is 6.49. The van der Waals surface area contributed by atoms with Gasteiger partial charge in [-0.2, -0.15) is 0 Å². The van der Waals surface area contributed by atoms with Crippen molar-refractivity contribution >= 4 is 11.8 Å². The summed E-state index contributed by atoms with van der Waals surface area (Å²) in [5.74, 6) is 0.887. The van der Waals surface area contributed by atoms with Crippen LogP contribution in [0.4, 0.5) is 5.69 Å². The number of benzene rings is 2. The summed E-state index contributed by atoms with van der Waals surface area (Å²) < 4.78 is 17.2. The molecule has 34 heavy (non-hydrogen) atoms. The minimum Gasteiger partial charge on any atom is -0.491 e. The maximum atomic E-state index is 5.84. The van der Waals surface area contributed by atoms with E-state index in [-0.39, 0.29) is 0 Å². The van der Waals surface area contributed by atoms with Gasteiger partial charge in [-0.15, -0.1) is 0 Å². The van der Waals surface area contributed by atoms with Crippen LogP contribution in [0, 0.1) is 0 Å². The van der Waals surface area contributed by atoms with Crippen LogP contribution in [-0.4, -0.2) is 70.7 Å². The standard InChI is InChI=1S/C29H40N2O3/c1-4-5-15-32-17-18-34-28-9-6-24(7-10-28)25-8-11-29-26(20-25)19-23(2)12-13-31(29)21-27-22-33-16-14-30(27)3/h6-11,19-20,27H,4-5,12-18,21-22H2,1-3H3. The maximum Gasteiger partial charge on any atom is 0.119 e. The average molecular weight is 465 g/mol. The van der Waals surface area contributed by atoms with Crippen molar-refractivity contribution in [3.05, 3.63) is 53.6 Å². The summed E-state index contributed by atoms with van der Waals surface area (Å²) in [6.45, 7) is 11.2. The molecule has 184 valence electrons. The summed E-state index contributed by atoms with van der Waals surface area (Å²) in [6, 6.07) is 15.7. The van der Waals surface area contributed by atoms with Crippen LogP contribution in [0.15, 0.2) is 48.0 Å². The third-order valence-electron chi connectivity index (χ3n) is 6.83. The molecule has 0 bridgehead atoms. The predicted octanol–water partition coefficient (Wildman–Crippen LogP) is 5.49. The van der Waals surface area contributed by atoms with Crippen LogP contribution in [0.1, 0.15) is 38.7 Å². The lowest BCUT2D eigenvalue weighted by Gasteiger charge is -2.37. The van der Waals surface area contributed by atoms with Crippen LogP contribution in [0.5, 0.6) is 5.75 Å². The fourth-order valence-electron chi connectivity index (χ4n) is 4.59. The van der Waals surface area contributed by atoms with Gasteiger partial charge in [-0.25, -0.2) is 0 Å². The molecule has 2 aliphatic rings. The van der Waals surface area contributed by atoms with Crippen molar-refractivity contribution in [2.24, 2.45) is 0 Å². The number of unbranched alkanes of at least 4 members (excludes halogenated alkanes) is 1. The van der Waals surface area contributed by atoms with Crippen LogP contribution >= 0.6 is 0 Å². The number of fused-ring (bicyclic) bond motifs is 1. The summed E-state index contributed by atoms with van der Waals surface area (Å²) in [5, 5.41) is 0. The molecule has 0 spiro atoms. The van der Waals surface area contributed by atoms with E-state index >= 15 is 0 Å². The second kappa shape index (κ2) is 12.4. The van der Waals surface area contributed by atoms with Gasteiger partial charge in [0.1, 0.15) is 12.4 Å². The van der Waals surface area contributed by atoms with Crippen LogP contribution in [0.25, 0.3) is 17.2 Å². The Morgan fingerprint density at radius 1 is 1.00 bits per heavy atom. The molecule has 0 amide bonds. The van der Waals surface area contributed by atoms with Crippen molar-refractivity contribution in [3.63, 3.8) is 0 Å². The Kier molecular flexibility index (Phi) is 9.03. The second-order valence-corrected chi connectivity index (χ2v) is 9.51. The Morgan fingerprint density at radius 2 is 1.82 bits per heavy atom. The minimum atomic E-state index is 0.435. The topological polar surface area (TPSA) is 34.2 Å². The zero-order chi connectivity index (χ0) is 23.8. The molecular formula is C29H40N2O3. The van der Waals surface area contributed by atoms with Crippen LogP contribution in [0.2, 0.25) is 0 Å². The van der Waals surface area contributed by atoms with Gasteiger partial charge in [0.2, 0.25) is 0 Å². The fourth-order valence-corrected chi connectivity index (χ4v) is 4.59. The average Bonchev–Trinajstić information content (AvgIpc) is 3.01. The van der Waals surface area contributed by atoms with E-state index in [0.29, 0.717) is 19.3 Å². The molecule has 2 aromatic rings. The molecular weight excluding hydrogens is 424 g/mol. The van der Waals surface area contributed by atoms with E-state index in [1.807, 2.05) is 0 Å². The van der Waals surface area contributed by atoms with E-state index in [1.165, 1.54) is 28.0 Å². The number of morpholine rings is 1. The first-order chi connectivity index (χ1) is 16.6. The lowest BCUT2D eigenvalue weighted by Crippen LogP contribution is -2.49. The molecule has 0 aliphatic carbocycles. The number of hydrogen-bond acceptors (Lipinski definition) is 5. The van der Waals surface area contributed by atoms with Gasteiger partial charge in [0, 0.05) is 31.9 Å². The van der Waals surface area contributed by atoms with Gasteiger partial charge in [-0.3, -0.25) is 4.90 Å². The first-order valence-electron chi connectivity index (χ1n) is 12.8. The van der Waals surface area contributed by atoms with Crippen molar-refractivity contribution in [3.8, 4) is 16.9 Å². The predicted molar refractivity (Wildman–Crippen MR) is 141 cm³/mol. The molecule has 5 nitrogen and oxygen atoms in total. The summed E-state index contributed by atoms with van der Waals surface area (Å²) in [6.07, 6.45) is 5.71. The number of anilines is 1. The Morgan fingerprint density at radius 3 is 2.62 bits per heavy atom. The van der Waals surface area contributed by atoms with Crippen molar-refractivity contribution in [2.75, 3.05) is 64.6 Å². The number of hydrogen-bond donors (Lipinski definition) is 0. The number of nitrogens with zero attached hydrogens (tertiary/aromatic N) is 2. The molecule has 1 unspecified atom stereocenters. The Bertz CT molecular complexity index is 941. The van der Waals surface area contributed by atoms with Gasteiger partial charge in [0.25, 0.3) is 0 Å². The van der Waals surface area contributed by atoms with Crippen molar-refractivity contribution < 1.29 is 14.2 Å². The highest BCUT2D eigenvalue weighted by Gasteiger charge is 2.24. The van der Waals surface area contributed by atoms with Crippen LogP contribution < -0.4 is 9.64 Å². The highest BCUT2D eigenvalue weighted by Crippen LogP contribution is 2.33. The third kappa shape index (κ3) is 6.62. The van der Waals surface area contributed by atoms with E-state index < -0.39 is 0 Å². The second-order valence-electron chi connectivity index (χ2n) is 9.51. The number of likely N-dealkylation sites (N-methyl/N-ethyl adjacent to an activating group) is 1. The van der Waals surface area contributed by atoms with E-state index in [4.69, 9.17) is 14.2 Å². The zero-order valence-corrected chi connectivity index (χ0v) is 21.1. The Balaban J connectivity index is 1.43. The SMILES string of the molecule is CCCCOCCOc1ccc(-c2ccc3c(c2)C=C(C)CCN3CC2COCCN2C)cc1. The first-order valence-corrected chi connectivity index (χ1v) is 12.8. The molecule has 1 atom stereocenters. The van der Waals surface area contributed by atoms with Crippen molar-refractivity contribution in [1.29, 1.82) is 0 Å². The highest BCUT2D eigenvalue weighted by molar-refractivity contribution is 5.77. The Hall–Kier alpha value is -2.34. The van der Waals surface area contributed by atoms with Gasteiger partial charge in [0.05, 0.1) is 25.9 Å². The van der Waals surface area contributed by atoms with E-state index in [0.717, 1.165) is 64.5 Å². The molecule has 0 saturated carbocycles. The van der Waals surface area contributed by atoms with E-state index in [9.17, 15) is 0 Å². The van der Waals surface area contributed by atoms with E-state index in [1.54, 1.807) is 0 Å². The molecule has 4 rings (SSSR count). The zero-order valence-electron chi connectivity index (χ0n) is 21.1. The summed E-state index contributed by atoms with van der Waals surface area (Å²) >= 11 is 0. The summed E-state index contributed by atoms with van der Waals surface area (Å²) in [7, 11) is 2.21. The molecule has 1 saturated heterocycles. The molecule has 0 radical (unpaired) electrons. The fraction of sp³-hybridized carbons (Fsp3) is 0.517. The van der Waals surface area contributed by atoms with E-state index in [2.05, 4.69) is 79.2 Å². The highest BCUT2D eigenvalue weighted by atomic mass is 16.5. The normalized spacial score (nSPS) is 18.9. The molecule has 0 aromatic heterocycles. The van der Waals surface area contributed by atoms with Gasteiger partial charge in [-0.1, -0.05) is 43.2 Å². The molecule has 5 heteroatoms. The number of rotatable bonds is 10. The largest absolute Gasteiger partial charge is 0.491 e. The Labute approximate surface area is 205 Å². The lowest BCUT2D eigenvalue weighted by atomic mass is 10.0. The van der Waals surface area contributed by atoms with Crippen LogP contribution in [0.3, 0.4) is 0 Å². The molecule has 2 aliphatic heterocycles. The van der Waals surface area contributed by atoms with Crippen molar-refractivity contribution in [1.82, 2.24) is 4.90 Å². The monoisotopic (exact) mass is 464 g/mol. The van der Waals surface area contributed by atoms with Crippen molar-refractivity contribution in [2.45, 2.75) is 39.2 Å². The quantitative estimate of drug-likeness (QED) is 0.434. The van der Waals surface area contributed by atoms with Gasteiger partial charge >= 0.3 is 0 Å². The molecule has 2 heterocycles. The molecule has 0 N–H and O–H groups in total. The lowest BCUT2D eigenvalue weighted by molar-refractivity contribution is 0.00880. The van der Waals surface area contributed by atoms with Gasteiger partial charge in [-0.05, 0) is 67.8 Å². The minimum absolute atomic E-state index is 0.435. The first kappa shape index (κ1) is 24.8. The summed E-state index contributed by atoms with van der Waals surface area (Å²) in [4.78, 5) is 4.98. The maximum absolute atomic E-state index is 5.84. The van der Waals surface area contributed by atoms with Crippen LogP contribution in [-0.2, 0) is 9.47 Å². The smallest absolute Gasteiger partial charge is 0.119 e. The molecule has 1 fully saturated rings. The number of ether oxygens (including phenoxy) is 3. The van der Waals surface area contributed by atoms with Gasteiger partial charge < -0.3 is 19.1 Å².